The molecule has 0 aliphatic rings. The second kappa shape index (κ2) is 9.25. The molecule has 0 atom stereocenters. The first-order chi connectivity index (χ1) is 15.4. The lowest BCUT2D eigenvalue weighted by Crippen LogP contribution is -2.23. The predicted octanol–water partition coefficient (Wildman–Crippen LogP) is 4.47. The molecule has 0 fully saturated rings. The number of amides is 1. The number of carboxylic acids is 1. The van der Waals surface area contributed by atoms with Crippen LogP contribution in [0.15, 0.2) is 82.7 Å². The van der Waals surface area contributed by atoms with Crippen molar-refractivity contribution >= 4 is 51.8 Å². The van der Waals surface area contributed by atoms with Crippen LogP contribution >= 0.6 is 23.4 Å². The third-order valence-electron chi connectivity index (χ3n) is 4.57. The maximum atomic E-state index is 13.2. The maximum absolute atomic E-state index is 13.2. The molecular weight excluding hydrogens is 450 g/mol. The number of para-hydroxylation sites is 2. The number of hydrogen-bond donors (Lipinski definition) is 2. The summed E-state index contributed by atoms with van der Waals surface area (Å²) in [6.45, 7) is 0. The molecule has 1 heterocycles. The molecular formula is C23H16ClN3O4S. The first-order valence-corrected chi connectivity index (χ1v) is 10.8. The van der Waals surface area contributed by atoms with Crippen LogP contribution in [0.3, 0.4) is 0 Å². The van der Waals surface area contributed by atoms with Gasteiger partial charge in [0.15, 0.2) is 5.16 Å². The molecule has 32 heavy (non-hydrogen) atoms. The van der Waals surface area contributed by atoms with Gasteiger partial charge in [0, 0.05) is 5.69 Å². The number of nitrogens with one attached hydrogen (secondary N) is 1. The molecule has 0 aliphatic heterocycles. The van der Waals surface area contributed by atoms with Gasteiger partial charge in [-0.15, -0.1) is 0 Å². The molecule has 0 saturated carbocycles. The van der Waals surface area contributed by atoms with Gasteiger partial charge >= 0.3 is 5.97 Å². The van der Waals surface area contributed by atoms with Crippen molar-refractivity contribution in [3.8, 4) is 5.69 Å². The number of aromatic carboxylic acids is 1. The smallest absolute Gasteiger partial charge is 0.337 e. The Bertz CT molecular complexity index is 1390. The van der Waals surface area contributed by atoms with Crippen LogP contribution in [0.4, 0.5) is 5.69 Å². The number of carboxylic acid groups (broad SMARTS) is 1. The summed E-state index contributed by atoms with van der Waals surface area (Å²) in [5, 5.41) is 12.8. The Labute approximate surface area is 191 Å². The van der Waals surface area contributed by atoms with Crippen molar-refractivity contribution in [3.05, 3.63) is 93.7 Å². The molecule has 0 saturated heterocycles. The highest BCUT2D eigenvalue weighted by Gasteiger charge is 2.15. The molecule has 0 radical (unpaired) electrons. The quantitative estimate of drug-likeness (QED) is 0.322. The summed E-state index contributed by atoms with van der Waals surface area (Å²) < 4.78 is 1.48. The SMILES string of the molecule is O=C(CSc1nc2ccccc2c(=O)n1-c1ccccc1)Nc1ccc(Cl)c(C(=O)O)c1. The van der Waals surface area contributed by atoms with Crippen molar-refractivity contribution in [2.45, 2.75) is 5.16 Å². The molecule has 9 heteroatoms. The third-order valence-corrected chi connectivity index (χ3v) is 5.84. The Kier molecular flexibility index (Phi) is 6.25. The third kappa shape index (κ3) is 4.51. The monoisotopic (exact) mass is 465 g/mol. The number of halogens is 1. The van der Waals surface area contributed by atoms with Gasteiger partial charge in [-0.2, -0.15) is 0 Å². The lowest BCUT2D eigenvalue weighted by atomic mass is 10.2. The number of benzene rings is 3. The van der Waals surface area contributed by atoms with Crippen LogP contribution in [-0.2, 0) is 4.79 Å². The van der Waals surface area contributed by atoms with Gasteiger partial charge in [-0.3, -0.25) is 14.2 Å². The zero-order chi connectivity index (χ0) is 22.7. The van der Waals surface area contributed by atoms with E-state index in [1.54, 1.807) is 36.4 Å². The minimum Gasteiger partial charge on any atom is -0.478 e. The van der Waals surface area contributed by atoms with E-state index in [1.807, 2.05) is 18.2 Å². The summed E-state index contributed by atoms with van der Waals surface area (Å²) in [7, 11) is 0. The number of carbonyl (C=O) groups is 2. The van der Waals surface area contributed by atoms with Crippen molar-refractivity contribution in [2.75, 3.05) is 11.1 Å². The van der Waals surface area contributed by atoms with Crippen molar-refractivity contribution < 1.29 is 14.7 Å². The van der Waals surface area contributed by atoms with E-state index in [9.17, 15) is 19.5 Å². The second-order valence-corrected chi connectivity index (χ2v) is 8.07. The maximum Gasteiger partial charge on any atom is 0.337 e. The highest BCUT2D eigenvalue weighted by atomic mass is 35.5. The van der Waals surface area contributed by atoms with E-state index < -0.39 is 5.97 Å². The average molecular weight is 466 g/mol. The highest BCUT2D eigenvalue weighted by molar-refractivity contribution is 7.99. The normalized spacial score (nSPS) is 10.8. The Morgan fingerprint density at radius 1 is 1.03 bits per heavy atom. The van der Waals surface area contributed by atoms with Crippen molar-refractivity contribution in [2.24, 2.45) is 0 Å². The van der Waals surface area contributed by atoms with Crippen LogP contribution in [0.5, 0.6) is 0 Å². The average Bonchev–Trinajstić information content (AvgIpc) is 2.79. The minimum atomic E-state index is -1.19. The van der Waals surface area contributed by atoms with Gasteiger partial charge in [0.05, 0.1) is 32.9 Å². The van der Waals surface area contributed by atoms with Gasteiger partial charge in [0.25, 0.3) is 5.56 Å². The zero-order valence-electron chi connectivity index (χ0n) is 16.5. The molecule has 4 aromatic rings. The molecule has 1 amide bonds. The molecule has 0 spiro atoms. The van der Waals surface area contributed by atoms with E-state index in [-0.39, 0.29) is 27.8 Å². The number of rotatable bonds is 6. The highest BCUT2D eigenvalue weighted by Crippen LogP contribution is 2.23. The van der Waals surface area contributed by atoms with Gasteiger partial charge in [-0.05, 0) is 42.5 Å². The summed E-state index contributed by atoms with van der Waals surface area (Å²) in [6.07, 6.45) is 0. The van der Waals surface area contributed by atoms with Crippen LogP contribution in [-0.4, -0.2) is 32.3 Å². The fraction of sp³-hybridized carbons (Fsp3) is 0.0435. The van der Waals surface area contributed by atoms with Crippen LogP contribution in [0.2, 0.25) is 5.02 Å². The van der Waals surface area contributed by atoms with E-state index in [2.05, 4.69) is 10.3 Å². The van der Waals surface area contributed by atoms with E-state index in [0.29, 0.717) is 27.4 Å². The second-order valence-electron chi connectivity index (χ2n) is 6.72. The van der Waals surface area contributed by atoms with Gasteiger partial charge in [-0.1, -0.05) is 53.7 Å². The zero-order valence-corrected chi connectivity index (χ0v) is 18.1. The van der Waals surface area contributed by atoms with Crippen LogP contribution in [0.1, 0.15) is 10.4 Å². The molecule has 4 rings (SSSR count). The molecule has 160 valence electrons. The van der Waals surface area contributed by atoms with Gasteiger partial charge in [0.1, 0.15) is 0 Å². The molecule has 1 aromatic heterocycles. The van der Waals surface area contributed by atoms with Crippen LogP contribution in [0.25, 0.3) is 16.6 Å². The number of nitrogens with zero attached hydrogens (tertiary/aromatic N) is 2. The molecule has 0 unspecified atom stereocenters. The van der Waals surface area contributed by atoms with E-state index >= 15 is 0 Å². The number of fused-ring (bicyclic) bond motifs is 1. The fourth-order valence-electron chi connectivity index (χ4n) is 3.11. The molecule has 0 bridgehead atoms. The summed E-state index contributed by atoms with van der Waals surface area (Å²) in [5.74, 6) is -1.61. The number of carbonyl (C=O) groups excluding carboxylic acids is 1. The fourth-order valence-corrected chi connectivity index (χ4v) is 4.12. The standard InChI is InChI=1S/C23H16ClN3O4S/c24-18-11-10-14(12-17(18)22(30)31)25-20(28)13-32-23-26-19-9-5-4-8-16(19)21(29)27(23)15-6-2-1-3-7-15/h1-12H,13H2,(H,25,28)(H,30,31). The van der Waals surface area contributed by atoms with Crippen molar-refractivity contribution in [1.82, 2.24) is 9.55 Å². The van der Waals surface area contributed by atoms with E-state index in [4.69, 9.17) is 11.6 Å². The Morgan fingerprint density at radius 3 is 2.50 bits per heavy atom. The number of aromatic nitrogens is 2. The van der Waals surface area contributed by atoms with Crippen LogP contribution in [0, 0.1) is 0 Å². The number of anilines is 1. The topological polar surface area (TPSA) is 101 Å². The Morgan fingerprint density at radius 2 is 1.75 bits per heavy atom. The van der Waals surface area contributed by atoms with Gasteiger partial charge < -0.3 is 10.4 Å². The van der Waals surface area contributed by atoms with Crippen molar-refractivity contribution in [1.29, 1.82) is 0 Å². The minimum absolute atomic E-state index is 0.0390. The lowest BCUT2D eigenvalue weighted by molar-refractivity contribution is -0.113. The Hall–Kier alpha value is -3.62. The summed E-state index contributed by atoms with van der Waals surface area (Å²) in [5.41, 5.74) is 1.16. The van der Waals surface area contributed by atoms with Gasteiger partial charge in [0.2, 0.25) is 5.91 Å². The molecule has 3 aromatic carbocycles. The summed E-state index contributed by atoms with van der Waals surface area (Å²) in [6, 6.07) is 20.3. The predicted molar refractivity (Wildman–Crippen MR) is 125 cm³/mol. The largest absolute Gasteiger partial charge is 0.478 e. The first kappa shape index (κ1) is 21.6. The van der Waals surface area contributed by atoms with Gasteiger partial charge in [-0.25, -0.2) is 9.78 Å². The summed E-state index contributed by atoms with van der Waals surface area (Å²) in [4.78, 5) is 41.5. The Balaban J connectivity index is 1.62. The molecule has 7 nitrogen and oxygen atoms in total. The van der Waals surface area contributed by atoms with E-state index in [1.165, 1.54) is 22.8 Å². The number of thioether (sulfide) groups is 1. The lowest BCUT2D eigenvalue weighted by Gasteiger charge is -2.13. The molecule has 0 aliphatic carbocycles. The first-order valence-electron chi connectivity index (χ1n) is 9.47. The van der Waals surface area contributed by atoms with Crippen molar-refractivity contribution in [3.63, 3.8) is 0 Å². The number of hydrogen-bond acceptors (Lipinski definition) is 5. The van der Waals surface area contributed by atoms with Crippen LogP contribution < -0.4 is 10.9 Å². The van der Waals surface area contributed by atoms with E-state index in [0.717, 1.165) is 11.8 Å². The molecule has 2 N–H and O–H groups in total. The summed E-state index contributed by atoms with van der Waals surface area (Å²) >= 11 is 6.98.